The van der Waals surface area contributed by atoms with Gasteiger partial charge in [-0.3, -0.25) is 0 Å². The van der Waals surface area contributed by atoms with Crippen LogP contribution < -0.4 is 4.74 Å². The van der Waals surface area contributed by atoms with Crippen LogP contribution in [-0.2, 0) is 0 Å². The van der Waals surface area contributed by atoms with Crippen LogP contribution >= 0.6 is 28.6 Å². The second-order valence-electron chi connectivity index (χ2n) is 3.34. The highest BCUT2D eigenvalue weighted by Crippen LogP contribution is 2.22. The molecule has 1 unspecified atom stereocenters. The highest BCUT2D eigenvalue weighted by Gasteiger charge is 2.08. The molecule has 1 nitrogen and oxygen atoms in total. The van der Waals surface area contributed by atoms with E-state index in [1.54, 1.807) is 12.1 Å². The fourth-order valence-corrected chi connectivity index (χ4v) is 1.80. The predicted molar refractivity (Wildman–Crippen MR) is 67.2 cm³/mol. The molecule has 0 fully saturated rings. The summed E-state index contributed by atoms with van der Waals surface area (Å²) < 4.78 is 19.4. The number of rotatable bonds is 5. The third-order valence-electron chi connectivity index (χ3n) is 2.20. The van der Waals surface area contributed by atoms with Crippen molar-refractivity contribution in [3.8, 4) is 5.75 Å². The molecule has 1 rings (SSSR count). The van der Waals surface area contributed by atoms with Gasteiger partial charge >= 0.3 is 0 Å². The summed E-state index contributed by atoms with van der Waals surface area (Å²) in [5.41, 5.74) is 0. The van der Waals surface area contributed by atoms with Gasteiger partial charge in [0.05, 0.1) is 6.61 Å². The fraction of sp³-hybridized carbons (Fsp3) is 0.455. The van der Waals surface area contributed by atoms with E-state index in [-0.39, 0.29) is 5.82 Å². The van der Waals surface area contributed by atoms with E-state index in [9.17, 15) is 4.39 Å². The van der Waals surface area contributed by atoms with Gasteiger partial charge in [0.25, 0.3) is 0 Å². The lowest BCUT2D eigenvalue weighted by molar-refractivity contribution is 0.249. The van der Waals surface area contributed by atoms with E-state index in [0.29, 0.717) is 22.7 Å². The summed E-state index contributed by atoms with van der Waals surface area (Å²) in [5.74, 6) is 1.10. The number of hydrogen-bond acceptors (Lipinski definition) is 2. The lowest BCUT2D eigenvalue weighted by Gasteiger charge is -2.13. The molecule has 0 amide bonds. The largest absolute Gasteiger partial charge is 0.490 e. The first-order valence-electron chi connectivity index (χ1n) is 4.86. The van der Waals surface area contributed by atoms with Crippen molar-refractivity contribution in [3.05, 3.63) is 28.5 Å². The van der Waals surface area contributed by atoms with Gasteiger partial charge in [-0.1, -0.05) is 22.9 Å². The Morgan fingerprint density at radius 3 is 2.80 bits per heavy atom. The van der Waals surface area contributed by atoms with Crippen LogP contribution in [0, 0.1) is 11.7 Å². The summed E-state index contributed by atoms with van der Waals surface area (Å²) in [7, 11) is 0. The summed E-state index contributed by atoms with van der Waals surface area (Å²) in [6, 6.07) is 4.79. The van der Waals surface area contributed by atoms with Gasteiger partial charge in [-0.05, 0) is 30.4 Å². The minimum absolute atomic E-state index is 0.304. The summed E-state index contributed by atoms with van der Waals surface area (Å²) in [6.45, 7) is 2.58. The van der Waals surface area contributed by atoms with Gasteiger partial charge in [-0.2, -0.15) is 12.6 Å². The van der Waals surface area contributed by atoms with Crippen molar-refractivity contribution >= 4 is 28.6 Å². The molecular weight excluding hydrogens is 279 g/mol. The van der Waals surface area contributed by atoms with Crippen molar-refractivity contribution in [1.82, 2.24) is 0 Å². The topological polar surface area (TPSA) is 9.23 Å². The molecule has 0 spiro atoms. The molecule has 84 valence electrons. The van der Waals surface area contributed by atoms with Crippen LogP contribution in [0.2, 0.25) is 0 Å². The molecule has 1 aromatic rings. The molecular formula is C11H14BrFOS. The van der Waals surface area contributed by atoms with Gasteiger partial charge < -0.3 is 4.74 Å². The Balaban J connectivity index is 2.57. The first kappa shape index (κ1) is 12.8. The highest BCUT2D eigenvalue weighted by atomic mass is 79.9. The standard InChI is InChI=1S/C11H14BrFOS/c1-2-8(7-15)6-14-11-4-3-9(12)5-10(11)13/h3-5,8,15H,2,6-7H2,1H3. The molecule has 0 saturated heterocycles. The highest BCUT2D eigenvalue weighted by molar-refractivity contribution is 9.10. The van der Waals surface area contributed by atoms with Gasteiger partial charge in [-0.25, -0.2) is 4.39 Å². The zero-order chi connectivity index (χ0) is 11.3. The Morgan fingerprint density at radius 2 is 2.27 bits per heavy atom. The van der Waals surface area contributed by atoms with E-state index in [0.717, 1.165) is 12.2 Å². The molecule has 0 radical (unpaired) electrons. The van der Waals surface area contributed by atoms with E-state index in [4.69, 9.17) is 4.74 Å². The van der Waals surface area contributed by atoms with Crippen LogP contribution in [0.4, 0.5) is 4.39 Å². The lowest BCUT2D eigenvalue weighted by Crippen LogP contribution is -2.13. The van der Waals surface area contributed by atoms with Gasteiger partial charge in [0, 0.05) is 10.4 Å². The van der Waals surface area contributed by atoms with Gasteiger partial charge in [0.2, 0.25) is 0 Å². The van der Waals surface area contributed by atoms with Crippen molar-refractivity contribution < 1.29 is 9.13 Å². The number of benzene rings is 1. The summed E-state index contributed by atoms with van der Waals surface area (Å²) in [6.07, 6.45) is 0.988. The Labute approximate surface area is 104 Å². The SMILES string of the molecule is CCC(CS)COc1ccc(Br)cc1F. The molecule has 0 aliphatic carbocycles. The smallest absolute Gasteiger partial charge is 0.166 e. The number of hydrogen-bond donors (Lipinski definition) is 1. The van der Waals surface area contributed by atoms with Crippen LogP contribution in [0.5, 0.6) is 5.75 Å². The van der Waals surface area contributed by atoms with Crippen LogP contribution in [0.15, 0.2) is 22.7 Å². The van der Waals surface area contributed by atoms with Crippen LogP contribution in [0.1, 0.15) is 13.3 Å². The van der Waals surface area contributed by atoms with Crippen LogP contribution in [0.25, 0.3) is 0 Å². The molecule has 0 aliphatic heterocycles. The van der Waals surface area contributed by atoms with Crippen molar-refractivity contribution in [1.29, 1.82) is 0 Å². The molecule has 0 saturated carbocycles. The minimum atomic E-state index is -0.335. The Bertz CT molecular complexity index is 315. The van der Waals surface area contributed by atoms with Crippen molar-refractivity contribution in [3.63, 3.8) is 0 Å². The molecule has 0 aromatic heterocycles. The number of ether oxygens (including phenoxy) is 1. The third-order valence-corrected chi connectivity index (χ3v) is 3.21. The lowest BCUT2D eigenvalue weighted by atomic mass is 10.1. The van der Waals surface area contributed by atoms with E-state index >= 15 is 0 Å². The average Bonchev–Trinajstić information content (AvgIpc) is 2.22. The van der Waals surface area contributed by atoms with E-state index < -0.39 is 0 Å². The molecule has 1 aromatic carbocycles. The maximum atomic E-state index is 13.3. The average molecular weight is 293 g/mol. The van der Waals surface area contributed by atoms with Crippen molar-refractivity contribution in [2.24, 2.45) is 5.92 Å². The van der Waals surface area contributed by atoms with Crippen LogP contribution in [0.3, 0.4) is 0 Å². The van der Waals surface area contributed by atoms with E-state index in [2.05, 4.69) is 35.5 Å². The summed E-state index contributed by atoms with van der Waals surface area (Å²) >= 11 is 7.40. The quantitative estimate of drug-likeness (QED) is 0.809. The number of thiol groups is 1. The zero-order valence-electron chi connectivity index (χ0n) is 8.54. The normalized spacial score (nSPS) is 12.5. The molecule has 0 bridgehead atoms. The first-order chi connectivity index (χ1) is 7.17. The predicted octanol–water partition coefficient (Wildman–Crippen LogP) is 3.92. The van der Waals surface area contributed by atoms with Crippen LogP contribution in [-0.4, -0.2) is 12.4 Å². The number of halogens is 2. The molecule has 0 aliphatic rings. The Kier molecular flexibility index (Phi) is 5.47. The van der Waals surface area contributed by atoms with E-state index in [1.807, 2.05) is 0 Å². The molecule has 15 heavy (non-hydrogen) atoms. The molecule has 0 heterocycles. The first-order valence-corrected chi connectivity index (χ1v) is 6.28. The molecule has 1 atom stereocenters. The zero-order valence-corrected chi connectivity index (χ0v) is 11.0. The maximum absolute atomic E-state index is 13.3. The fourth-order valence-electron chi connectivity index (χ4n) is 1.10. The minimum Gasteiger partial charge on any atom is -0.490 e. The monoisotopic (exact) mass is 292 g/mol. The van der Waals surface area contributed by atoms with Gasteiger partial charge in [0.1, 0.15) is 0 Å². The molecule has 4 heteroatoms. The maximum Gasteiger partial charge on any atom is 0.166 e. The van der Waals surface area contributed by atoms with E-state index in [1.165, 1.54) is 6.07 Å². The summed E-state index contributed by atoms with van der Waals surface area (Å²) in [5, 5.41) is 0. The molecule has 0 N–H and O–H groups in total. The summed E-state index contributed by atoms with van der Waals surface area (Å²) in [4.78, 5) is 0. The van der Waals surface area contributed by atoms with Gasteiger partial charge in [0.15, 0.2) is 11.6 Å². The second kappa shape index (κ2) is 6.38. The van der Waals surface area contributed by atoms with Gasteiger partial charge in [-0.15, -0.1) is 0 Å². The van der Waals surface area contributed by atoms with Crippen molar-refractivity contribution in [2.75, 3.05) is 12.4 Å². The Hall–Kier alpha value is -0.220. The Morgan fingerprint density at radius 1 is 1.53 bits per heavy atom. The third kappa shape index (κ3) is 4.03. The second-order valence-corrected chi connectivity index (χ2v) is 4.62. The van der Waals surface area contributed by atoms with Crippen molar-refractivity contribution in [2.45, 2.75) is 13.3 Å².